The lowest BCUT2D eigenvalue weighted by molar-refractivity contribution is -0.130. The molecule has 3 heterocycles. The van der Waals surface area contributed by atoms with E-state index >= 15 is 0 Å². The van der Waals surface area contributed by atoms with E-state index in [1.807, 2.05) is 40.9 Å². The standard InChI is InChI=1S/C18H16N4O3/c23-17(14-11-12-5-1-2-6-13(12)18(24)25-14)19-9-8-16-21-20-15-7-3-4-10-22(15)16/h1-7,10,14H,8-9,11H2,(H,19,23). The predicted molar refractivity (Wildman–Crippen MR) is 89.1 cm³/mol. The van der Waals surface area contributed by atoms with Crippen molar-refractivity contribution < 1.29 is 14.3 Å². The van der Waals surface area contributed by atoms with E-state index in [9.17, 15) is 9.59 Å². The van der Waals surface area contributed by atoms with Crippen molar-refractivity contribution in [3.63, 3.8) is 0 Å². The zero-order chi connectivity index (χ0) is 17.2. The summed E-state index contributed by atoms with van der Waals surface area (Å²) in [7, 11) is 0. The van der Waals surface area contributed by atoms with Gasteiger partial charge in [-0.05, 0) is 23.8 Å². The van der Waals surface area contributed by atoms with Crippen LogP contribution in [0.3, 0.4) is 0 Å². The molecule has 1 amide bonds. The average molecular weight is 336 g/mol. The van der Waals surface area contributed by atoms with Gasteiger partial charge in [0.05, 0.1) is 5.56 Å². The van der Waals surface area contributed by atoms with Gasteiger partial charge < -0.3 is 10.1 Å². The number of fused-ring (bicyclic) bond motifs is 2. The van der Waals surface area contributed by atoms with Gasteiger partial charge in [0.25, 0.3) is 5.91 Å². The van der Waals surface area contributed by atoms with E-state index in [2.05, 4.69) is 15.5 Å². The summed E-state index contributed by atoms with van der Waals surface area (Å²) in [6.45, 7) is 0.393. The molecular weight excluding hydrogens is 320 g/mol. The minimum Gasteiger partial charge on any atom is -0.448 e. The predicted octanol–water partition coefficient (Wildman–Crippen LogP) is 1.17. The van der Waals surface area contributed by atoms with Gasteiger partial charge in [0.1, 0.15) is 5.82 Å². The van der Waals surface area contributed by atoms with Gasteiger partial charge in [-0.3, -0.25) is 9.20 Å². The van der Waals surface area contributed by atoms with Crippen LogP contribution in [0, 0.1) is 0 Å². The van der Waals surface area contributed by atoms with Gasteiger partial charge in [0.15, 0.2) is 11.8 Å². The first-order valence-corrected chi connectivity index (χ1v) is 8.07. The van der Waals surface area contributed by atoms with Gasteiger partial charge in [-0.2, -0.15) is 0 Å². The van der Waals surface area contributed by atoms with Crippen LogP contribution in [0.2, 0.25) is 0 Å². The smallest absolute Gasteiger partial charge is 0.339 e. The summed E-state index contributed by atoms with van der Waals surface area (Å²) >= 11 is 0. The summed E-state index contributed by atoms with van der Waals surface area (Å²) in [6, 6.07) is 12.9. The molecule has 1 aliphatic rings. The van der Waals surface area contributed by atoms with Crippen molar-refractivity contribution in [3.05, 3.63) is 65.6 Å². The minimum atomic E-state index is -0.794. The fourth-order valence-corrected chi connectivity index (χ4v) is 2.95. The Morgan fingerprint density at radius 1 is 1.20 bits per heavy atom. The van der Waals surface area contributed by atoms with E-state index in [0.29, 0.717) is 24.9 Å². The van der Waals surface area contributed by atoms with Crippen LogP contribution in [-0.4, -0.2) is 39.1 Å². The molecule has 1 atom stereocenters. The molecule has 0 aliphatic carbocycles. The Balaban J connectivity index is 1.38. The zero-order valence-electron chi connectivity index (χ0n) is 13.4. The van der Waals surface area contributed by atoms with Crippen molar-refractivity contribution in [3.8, 4) is 0 Å². The van der Waals surface area contributed by atoms with Crippen LogP contribution in [0.15, 0.2) is 48.7 Å². The molecule has 3 aromatic rings. The summed E-state index contributed by atoms with van der Waals surface area (Å²) in [6.07, 6.45) is 2.01. The maximum Gasteiger partial charge on any atom is 0.339 e. The third kappa shape index (κ3) is 2.96. The molecule has 0 radical (unpaired) electrons. The fourth-order valence-electron chi connectivity index (χ4n) is 2.95. The van der Waals surface area contributed by atoms with Crippen LogP contribution in [0.5, 0.6) is 0 Å². The monoisotopic (exact) mass is 336 g/mol. The molecule has 0 fully saturated rings. The fraction of sp³-hybridized carbons (Fsp3) is 0.222. The molecule has 1 N–H and O–H groups in total. The molecule has 0 saturated heterocycles. The number of amides is 1. The number of esters is 1. The molecule has 25 heavy (non-hydrogen) atoms. The van der Waals surface area contributed by atoms with E-state index in [4.69, 9.17) is 4.74 Å². The summed E-state index contributed by atoms with van der Waals surface area (Å²) in [5.41, 5.74) is 2.13. The molecular formula is C18H16N4O3. The summed E-state index contributed by atoms with van der Waals surface area (Å²) in [5, 5.41) is 11.0. The van der Waals surface area contributed by atoms with Crippen molar-refractivity contribution >= 4 is 17.5 Å². The normalized spacial score (nSPS) is 16.3. The molecule has 1 aliphatic heterocycles. The van der Waals surface area contributed by atoms with Crippen molar-refractivity contribution in [1.29, 1.82) is 0 Å². The molecule has 0 bridgehead atoms. The highest BCUT2D eigenvalue weighted by Gasteiger charge is 2.30. The second kappa shape index (κ2) is 6.35. The molecule has 4 rings (SSSR count). The number of nitrogens with one attached hydrogen (secondary N) is 1. The van der Waals surface area contributed by atoms with Gasteiger partial charge in [0.2, 0.25) is 0 Å². The van der Waals surface area contributed by atoms with Crippen molar-refractivity contribution in [1.82, 2.24) is 19.9 Å². The van der Waals surface area contributed by atoms with E-state index in [1.165, 1.54) is 0 Å². The third-order valence-corrected chi connectivity index (χ3v) is 4.22. The number of carbonyl (C=O) groups excluding carboxylic acids is 2. The first kappa shape index (κ1) is 15.3. The van der Waals surface area contributed by atoms with Crippen molar-refractivity contribution in [2.45, 2.75) is 18.9 Å². The highest BCUT2D eigenvalue weighted by molar-refractivity contribution is 5.95. The number of carbonyl (C=O) groups is 2. The molecule has 0 saturated carbocycles. The number of cyclic esters (lactones) is 1. The van der Waals surface area contributed by atoms with Gasteiger partial charge in [-0.25, -0.2) is 4.79 Å². The lowest BCUT2D eigenvalue weighted by Gasteiger charge is -2.23. The topological polar surface area (TPSA) is 85.6 Å². The highest BCUT2D eigenvalue weighted by Crippen LogP contribution is 2.20. The second-order valence-electron chi connectivity index (χ2n) is 5.84. The minimum absolute atomic E-state index is 0.295. The largest absolute Gasteiger partial charge is 0.448 e. The maximum absolute atomic E-state index is 12.3. The molecule has 2 aromatic heterocycles. The van der Waals surface area contributed by atoms with Crippen molar-refractivity contribution in [2.24, 2.45) is 0 Å². The van der Waals surface area contributed by atoms with E-state index in [0.717, 1.165) is 17.0 Å². The van der Waals surface area contributed by atoms with E-state index in [-0.39, 0.29) is 5.91 Å². The van der Waals surface area contributed by atoms with Gasteiger partial charge in [-0.1, -0.05) is 24.3 Å². The Morgan fingerprint density at radius 3 is 2.96 bits per heavy atom. The number of aromatic nitrogens is 3. The molecule has 0 spiro atoms. The Hall–Kier alpha value is -3.22. The number of benzene rings is 1. The number of rotatable bonds is 4. The maximum atomic E-state index is 12.3. The molecule has 1 unspecified atom stereocenters. The van der Waals surface area contributed by atoms with Gasteiger partial charge >= 0.3 is 5.97 Å². The first-order valence-electron chi connectivity index (χ1n) is 8.07. The number of hydrogen-bond donors (Lipinski definition) is 1. The first-order chi connectivity index (χ1) is 12.2. The van der Waals surface area contributed by atoms with Crippen LogP contribution in [0.1, 0.15) is 21.7 Å². The number of pyridine rings is 1. The van der Waals surface area contributed by atoms with Crippen molar-refractivity contribution in [2.75, 3.05) is 6.54 Å². The lowest BCUT2D eigenvalue weighted by atomic mass is 9.98. The zero-order valence-corrected chi connectivity index (χ0v) is 13.4. The summed E-state index contributed by atoms with van der Waals surface area (Å²) in [4.78, 5) is 24.3. The van der Waals surface area contributed by atoms with Crippen LogP contribution in [0.4, 0.5) is 0 Å². The number of nitrogens with zero attached hydrogens (tertiary/aromatic N) is 3. The number of hydrogen-bond acceptors (Lipinski definition) is 5. The Bertz CT molecular complexity index is 950. The third-order valence-electron chi connectivity index (χ3n) is 4.22. The summed E-state index contributed by atoms with van der Waals surface area (Å²) in [5.74, 6) is 0.0176. The SMILES string of the molecule is O=C1OC(C(=O)NCCc2nnc3ccccn23)Cc2ccccc21. The Morgan fingerprint density at radius 2 is 2.04 bits per heavy atom. The Kier molecular flexibility index (Phi) is 3.89. The van der Waals surface area contributed by atoms with E-state index < -0.39 is 12.1 Å². The molecule has 7 heteroatoms. The second-order valence-corrected chi connectivity index (χ2v) is 5.84. The molecule has 7 nitrogen and oxygen atoms in total. The Labute approximate surface area is 143 Å². The van der Waals surface area contributed by atoms with E-state index in [1.54, 1.807) is 12.1 Å². The lowest BCUT2D eigenvalue weighted by Crippen LogP contribution is -2.42. The quantitative estimate of drug-likeness (QED) is 0.723. The highest BCUT2D eigenvalue weighted by atomic mass is 16.5. The van der Waals surface area contributed by atoms with Crippen LogP contribution < -0.4 is 5.32 Å². The average Bonchev–Trinajstić information content (AvgIpc) is 3.05. The summed E-state index contributed by atoms with van der Waals surface area (Å²) < 4.78 is 7.13. The van der Waals surface area contributed by atoms with Gasteiger partial charge in [0, 0.05) is 25.6 Å². The van der Waals surface area contributed by atoms with Gasteiger partial charge in [-0.15, -0.1) is 10.2 Å². The van der Waals surface area contributed by atoms with Crippen LogP contribution >= 0.6 is 0 Å². The molecule has 1 aromatic carbocycles. The number of ether oxygens (including phenoxy) is 1. The van der Waals surface area contributed by atoms with Crippen LogP contribution in [-0.2, 0) is 22.4 Å². The van der Waals surface area contributed by atoms with Crippen LogP contribution in [0.25, 0.3) is 5.65 Å². The molecule has 126 valence electrons.